The Kier molecular flexibility index (Phi) is 4.02. The lowest BCUT2D eigenvalue weighted by molar-refractivity contribution is 0.630. The molecule has 0 unspecified atom stereocenters. The number of halogens is 3. The third-order valence-corrected chi connectivity index (χ3v) is 3.03. The van der Waals surface area contributed by atoms with Crippen LogP contribution in [0.1, 0.15) is 5.56 Å². The quantitative estimate of drug-likeness (QED) is 0.853. The first-order chi connectivity index (χ1) is 8.15. The van der Waals surface area contributed by atoms with Crippen molar-refractivity contribution < 1.29 is 4.39 Å². The van der Waals surface area contributed by atoms with Crippen LogP contribution < -0.4 is 5.32 Å². The molecule has 2 aromatic rings. The van der Waals surface area contributed by atoms with Gasteiger partial charge in [-0.3, -0.25) is 0 Å². The maximum absolute atomic E-state index is 13.4. The largest absolute Gasteiger partial charge is 0.379 e. The van der Waals surface area contributed by atoms with Crippen molar-refractivity contribution in [1.29, 1.82) is 0 Å². The Morgan fingerprint density at radius 3 is 2.76 bits per heavy atom. The Hall–Kier alpha value is -1.06. The molecule has 0 fully saturated rings. The lowest BCUT2D eigenvalue weighted by Gasteiger charge is -2.08. The van der Waals surface area contributed by atoms with Gasteiger partial charge in [-0.15, -0.1) is 0 Å². The fourth-order valence-electron chi connectivity index (χ4n) is 1.48. The predicted molar refractivity (Wildman–Crippen MR) is 72.9 cm³/mol. The molecule has 0 bridgehead atoms. The van der Waals surface area contributed by atoms with Gasteiger partial charge in [0, 0.05) is 16.0 Å². The second kappa shape index (κ2) is 5.52. The van der Waals surface area contributed by atoms with Gasteiger partial charge in [0.1, 0.15) is 5.82 Å². The minimum atomic E-state index is -0.268. The van der Waals surface area contributed by atoms with E-state index in [-0.39, 0.29) is 5.82 Å². The number of hydrogen-bond donors (Lipinski definition) is 1. The number of hydrogen-bond acceptors (Lipinski definition) is 1. The van der Waals surface area contributed by atoms with Crippen LogP contribution >= 0.6 is 27.5 Å². The van der Waals surface area contributed by atoms with Crippen LogP contribution in [0.4, 0.5) is 10.1 Å². The van der Waals surface area contributed by atoms with Crippen molar-refractivity contribution >= 4 is 33.2 Å². The maximum atomic E-state index is 13.4. The van der Waals surface area contributed by atoms with Crippen molar-refractivity contribution in [3.05, 3.63) is 63.3 Å². The normalized spacial score (nSPS) is 10.3. The Balaban J connectivity index is 2.09. The highest BCUT2D eigenvalue weighted by Crippen LogP contribution is 2.21. The van der Waals surface area contributed by atoms with Crippen molar-refractivity contribution in [2.24, 2.45) is 0 Å². The summed E-state index contributed by atoms with van der Waals surface area (Å²) in [6, 6.07) is 12.3. The van der Waals surface area contributed by atoms with Crippen LogP contribution in [-0.4, -0.2) is 0 Å². The molecule has 1 N–H and O–H groups in total. The van der Waals surface area contributed by atoms with Crippen LogP contribution in [-0.2, 0) is 6.54 Å². The number of benzene rings is 2. The summed E-state index contributed by atoms with van der Waals surface area (Å²) < 4.78 is 14.3. The molecule has 88 valence electrons. The van der Waals surface area contributed by atoms with Crippen LogP contribution in [0.25, 0.3) is 0 Å². The summed E-state index contributed by atoms with van der Waals surface area (Å²) in [5, 5.41) is 3.71. The summed E-state index contributed by atoms with van der Waals surface area (Å²) in [7, 11) is 0. The van der Waals surface area contributed by atoms with Crippen molar-refractivity contribution in [1.82, 2.24) is 0 Å². The van der Waals surface area contributed by atoms with Crippen molar-refractivity contribution in [2.75, 3.05) is 5.32 Å². The van der Waals surface area contributed by atoms with E-state index in [2.05, 4.69) is 21.2 Å². The highest BCUT2D eigenvalue weighted by atomic mass is 79.9. The lowest BCUT2D eigenvalue weighted by atomic mass is 10.2. The maximum Gasteiger partial charge on any atom is 0.146 e. The second-order valence-electron chi connectivity index (χ2n) is 3.61. The van der Waals surface area contributed by atoms with Crippen molar-refractivity contribution in [3.63, 3.8) is 0 Å². The number of anilines is 1. The van der Waals surface area contributed by atoms with Crippen LogP contribution in [0.3, 0.4) is 0 Å². The summed E-state index contributed by atoms with van der Waals surface area (Å²) in [5.74, 6) is -0.268. The van der Waals surface area contributed by atoms with Crippen LogP contribution in [0.2, 0.25) is 5.02 Å². The zero-order chi connectivity index (χ0) is 12.3. The smallest absolute Gasteiger partial charge is 0.146 e. The molecule has 0 aliphatic rings. The molecule has 0 saturated carbocycles. The first-order valence-electron chi connectivity index (χ1n) is 5.08. The first kappa shape index (κ1) is 12.4. The van der Waals surface area contributed by atoms with Gasteiger partial charge in [0.2, 0.25) is 0 Å². The minimum Gasteiger partial charge on any atom is -0.379 e. The minimum absolute atomic E-state index is 0.268. The fraction of sp³-hybridized carbons (Fsp3) is 0.0769. The molecule has 2 aromatic carbocycles. The van der Waals surface area contributed by atoms with E-state index in [1.807, 2.05) is 24.3 Å². The van der Waals surface area contributed by atoms with E-state index >= 15 is 0 Å². The molecule has 0 aliphatic carbocycles. The van der Waals surface area contributed by atoms with Gasteiger partial charge in [0.05, 0.1) is 5.69 Å². The van der Waals surface area contributed by atoms with Gasteiger partial charge in [-0.1, -0.05) is 39.7 Å². The summed E-state index contributed by atoms with van der Waals surface area (Å²) in [5.41, 5.74) is 1.48. The molecule has 0 spiro atoms. The highest BCUT2D eigenvalue weighted by Gasteiger charge is 2.02. The van der Waals surface area contributed by atoms with Crippen molar-refractivity contribution in [2.45, 2.75) is 6.54 Å². The van der Waals surface area contributed by atoms with Gasteiger partial charge in [0.15, 0.2) is 0 Å². The van der Waals surface area contributed by atoms with Gasteiger partial charge in [-0.05, 0) is 35.9 Å². The standard InChI is InChI=1S/C13H10BrClFN/c14-10-4-5-12(16)13(7-10)17-8-9-2-1-3-11(15)6-9/h1-7,17H,8H2. The highest BCUT2D eigenvalue weighted by molar-refractivity contribution is 9.10. The predicted octanol–water partition coefficient (Wildman–Crippen LogP) is 4.85. The van der Waals surface area contributed by atoms with Gasteiger partial charge < -0.3 is 5.32 Å². The molecule has 0 radical (unpaired) electrons. The van der Waals surface area contributed by atoms with Crippen LogP contribution in [0.5, 0.6) is 0 Å². The average molecular weight is 315 g/mol. The molecule has 0 aliphatic heterocycles. The average Bonchev–Trinajstić information content (AvgIpc) is 2.30. The topological polar surface area (TPSA) is 12.0 Å². The molecule has 2 rings (SSSR count). The molecular formula is C13H10BrClFN. The summed E-state index contributed by atoms with van der Waals surface area (Å²) in [6.45, 7) is 0.536. The molecule has 0 heterocycles. The molecular weight excluding hydrogens is 305 g/mol. The lowest BCUT2D eigenvalue weighted by Crippen LogP contribution is -2.01. The van der Waals surface area contributed by atoms with Crippen molar-refractivity contribution in [3.8, 4) is 0 Å². The third-order valence-electron chi connectivity index (χ3n) is 2.30. The summed E-state index contributed by atoms with van der Waals surface area (Å²) >= 11 is 9.18. The molecule has 0 atom stereocenters. The van der Waals surface area contributed by atoms with Gasteiger partial charge in [-0.25, -0.2) is 4.39 Å². The number of nitrogens with one attached hydrogen (secondary N) is 1. The molecule has 17 heavy (non-hydrogen) atoms. The zero-order valence-electron chi connectivity index (χ0n) is 8.88. The summed E-state index contributed by atoms with van der Waals surface area (Å²) in [4.78, 5) is 0. The van der Waals surface area contributed by atoms with E-state index < -0.39 is 0 Å². The van der Waals surface area contributed by atoms with Gasteiger partial charge in [-0.2, -0.15) is 0 Å². The summed E-state index contributed by atoms with van der Waals surface area (Å²) in [6.07, 6.45) is 0. The molecule has 1 nitrogen and oxygen atoms in total. The third kappa shape index (κ3) is 3.45. The van der Waals surface area contributed by atoms with Gasteiger partial charge in [0.25, 0.3) is 0 Å². The second-order valence-corrected chi connectivity index (χ2v) is 4.96. The van der Waals surface area contributed by atoms with Crippen LogP contribution in [0.15, 0.2) is 46.9 Å². The van der Waals surface area contributed by atoms with E-state index in [0.717, 1.165) is 10.0 Å². The van der Waals surface area contributed by atoms with E-state index in [4.69, 9.17) is 11.6 Å². The SMILES string of the molecule is Fc1ccc(Br)cc1NCc1cccc(Cl)c1. The van der Waals surface area contributed by atoms with E-state index in [1.54, 1.807) is 12.1 Å². The Morgan fingerprint density at radius 1 is 1.18 bits per heavy atom. The van der Waals surface area contributed by atoms with E-state index in [9.17, 15) is 4.39 Å². The van der Waals surface area contributed by atoms with E-state index in [0.29, 0.717) is 17.3 Å². The zero-order valence-corrected chi connectivity index (χ0v) is 11.2. The first-order valence-corrected chi connectivity index (χ1v) is 6.25. The monoisotopic (exact) mass is 313 g/mol. The Morgan fingerprint density at radius 2 is 2.00 bits per heavy atom. The molecule has 0 saturated heterocycles. The number of rotatable bonds is 3. The Bertz CT molecular complexity index is 531. The molecule has 0 aromatic heterocycles. The van der Waals surface area contributed by atoms with E-state index in [1.165, 1.54) is 6.07 Å². The Labute approximate surface area is 113 Å². The van der Waals surface area contributed by atoms with Crippen LogP contribution in [0, 0.1) is 5.82 Å². The fourth-order valence-corrected chi connectivity index (χ4v) is 2.05. The molecule has 4 heteroatoms. The molecule has 0 amide bonds. The van der Waals surface area contributed by atoms with Gasteiger partial charge >= 0.3 is 0 Å².